The van der Waals surface area contributed by atoms with E-state index in [9.17, 15) is 0 Å². The molecule has 0 bridgehead atoms. The Morgan fingerprint density at radius 1 is 0.325 bits per heavy atom. The monoisotopic (exact) mass is 526 g/mol. The standard InChI is InChI=1S/C38H22OS/c1-2-10-24-23(9-1)25(19-20-26(24)30-15-8-18-36-38(30)32-12-4-6-17-35(32)40-36)27-21-22-34-37-29(27)13-7-14-31(37)28-11-3-5-16-33(28)39-34/h1-22H. The van der Waals surface area contributed by atoms with Gasteiger partial charge in [0.15, 0.2) is 0 Å². The molecule has 8 aromatic rings. The van der Waals surface area contributed by atoms with Crippen molar-refractivity contribution in [2.24, 2.45) is 0 Å². The summed E-state index contributed by atoms with van der Waals surface area (Å²) < 4.78 is 9.04. The lowest BCUT2D eigenvalue weighted by molar-refractivity contribution is 0.487. The van der Waals surface area contributed by atoms with Crippen LogP contribution in [0.25, 0.3) is 75.1 Å². The summed E-state index contributed by atoms with van der Waals surface area (Å²) in [6.45, 7) is 0. The Hall–Kier alpha value is -4.92. The zero-order valence-corrected chi connectivity index (χ0v) is 22.3. The van der Waals surface area contributed by atoms with E-state index in [1.165, 1.54) is 69.5 Å². The Balaban J connectivity index is 1.32. The van der Waals surface area contributed by atoms with Gasteiger partial charge in [-0.25, -0.2) is 0 Å². The number of para-hydroxylation sites is 1. The summed E-state index contributed by atoms with van der Waals surface area (Å²) in [5, 5.41) is 7.60. The van der Waals surface area contributed by atoms with Gasteiger partial charge in [0, 0.05) is 31.1 Å². The van der Waals surface area contributed by atoms with Crippen LogP contribution in [0.4, 0.5) is 0 Å². The molecule has 40 heavy (non-hydrogen) atoms. The number of ether oxygens (including phenoxy) is 1. The number of thiophene rings is 1. The fourth-order valence-corrected chi connectivity index (χ4v) is 7.72. The van der Waals surface area contributed by atoms with Crippen molar-refractivity contribution < 1.29 is 4.74 Å². The van der Waals surface area contributed by atoms with E-state index in [0.717, 1.165) is 17.1 Å². The maximum absolute atomic E-state index is 6.37. The number of rotatable bonds is 2. The summed E-state index contributed by atoms with van der Waals surface area (Å²) in [4.78, 5) is 0. The van der Waals surface area contributed by atoms with Crippen molar-refractivity contribution in [3.63, 3.8) is 0 Å². The van der Waals surface area contributed by atoms with Crippen LogP contribution >= 0.6 is 11.3 Å². The molecule has 0 N–H and O–H groups in total. The first-order valence-corrected chi connectivity index (χ1v) is 14.4. The smallest absolute Gasteiger partial charge is 0.135 e. The van der Waals surface area contributed by atoms with Crippen molar-refractivity contribution in [3.8, 4) is 44.9 Å². The van der Waals surface area contributed by atoms with Crippen LogP contribution in [-0.4, -0.2) is 0 Å². The third-order valence-electron chi connectivity index (χ3n) is 8.31. The van der Waals surface area contributed by atoms with Gasteiger partial charge in [-0.1, -0.05) is 109 Å². The second-order valence-electron chi connectivity index (χ2n) is 10.4. The van der Waals surface area contributed by atoms with Crippen LogP contribution in [0.3, 0.4) is 0 Å². The first kappa shape index (κ1) is 22.0. The van der Waals surface area contributed by atoms with Crippen molar-refractivity contribution in [2.75, 3.05) is 0 Å². The molecule has 0 aliphatic carbocycles. The van der Waals surface area contributed by atoms with Crippen molar-refractivity contribution in [2.45, 2.75) is 0 Å². The van der Waals surface area contributed by atoms with Crippen molar-refractivity contribution in [1.82, 2.24) is 0 Å². The summed E-state index contributed by atoms with van der Waals surface area (Å²) in [6, 6.07) is 48.2. The normalized spacial score (nSPS) is 12.2. The molecular weight excluding hydrogens is 504 g/mol. The summed E-state index contributed by atoms with van der Waals surface area (Å²) in [6.07, 6.45) is 0. The van der Waals surface area contributed by atoms with Gasteiger partial charge in [0.1, 0.15) is 11.5 Å². The topological polar surface area (TPSA) is 9.23 Å². The predicted molar refractivity (Wildman–Crippen MR) is 171 cm³/mol. The molecule has 0 spiro atoms. The lowest BCUT2D eigenvalue weighted by Crippen LogP contribution is -1.97. The van der Waals surface area contributed by atoms with Gasteiger partial charge in [0.05, 0.1) is 0 Å². The molecule has 0 unspecified atom stereocenters. The maximum Gasteiger partial charge on any atom is 0.135 e. The predicted octanol–water partition coefficient (Wildman–Crippen LogP) is 11.5. The fraction of sp³-hybridized carbons (Fsp3) is 0. The molecule has 0 radical (unpaired) electrons. The molecule has 1 aliphatic heterocycles. The number of hydrogen-bond acceptors (Lipinski definition) is 2. The molecule has 0 saturated heterocycles. The van der Waals surface area contributed by atoms with Gasteiger partial charge in [0.2, 0.25) is 0 Å². The van der Waals surface area contributed by atoms with E-state index in [1.807, 2.05) is 17.4 Å². The molecule has 0 atom stereocenters. The number of hydrogen-bond donors (Lipinski definition) is 0. The Morgan fingerprint density at radius 2 is 0.875 bits per heavy atom. The van der Waals surface area contributed by atoms with E-state index in [0.29, 0.717) is 0 Å². The molecule has 1 nitrogen and oxygen atoms in total. The Morgan fingerprint density at radius 3 is 1.73 bits per heavy atom. The zero-order valence-electron chi connectivity index (χ0n) is 21.5. The Bertz CT molecular complexity index is 2310. The third-order valence-corrected chi connectivity index (χ3v) is 9.44. The third kappa shape index (κ3) is 3.03. The van der Waals surface area contributed by atoms with Crippen molar-refractivity contribution in [1.29, 1.82) is 0 Å². The largest absolute Gasteiger partial charge is 0.456 e. The SMILES string of the molecule is c1ccc2c(c1)Oc1ccc(-c3ccc(-c4cccc5sc6ccccc6c45)c4ccccc34)c3cccc-2c13. The Labute approximate surface area is 235 Å². The van der Waals surface area contributed by atoms with Crippen LogP contribution in [0, 0.1) is 0 Å². The fourth-order valence-electron chi connectivity index (χ4n) is 6.58. The second kappa shape index (κ2) is 8.29. The molecule has 7 aromatic carbocycles. The molecule has 2 heteroatoms. The van der Waals surface area contributed by atoms with E-state index in [-0.39, 0.29) is 0 Å². The highest BCUT2D eigenvalue weighted by Gasteiger charge is 2.22. The minimum absolute atomic E-state index is 0.917. The van der Waals surface area contributed by atoms with Gasteiger partial charge in [-0.2, -0.15) is 0 Å². The van der Waals surface area contributed by atoms with Crippen LogP contribution in [-0.2, 0) is 0 Å². The van der Waals surface area contributed by atoms with Gasteiger partial charge in [0.25, 0.3) is 0 Å². The summed E-state index contributed by atoms with van der Waals surface area (Å²) >= 11 is 1.87. The van der Waals surface area contributed by atoms with Crippen LogP contribution in [0.1, 0.15) is 0 Å². The molecule has 1 aliphatic rings. The van der Waals surface area contributed by atoms with Crippen molar-refractivity contribution in [3.05, 3.63) is 133 Å². The van der Waals surface area contributed by atoms with Gasteiger partial charge in [-0.05, 0) is 68.2 Å². The summed E-state index contributed by atoms with van der Waals surface area (Å²) in [5.41, 5.74) is 7.41. The molecule has 2 heterocycles. The summed E-state index contributed by atoms with van der Waals surface area (Å²) in [7, 11) is 0. The first-order valence-electron chi connectivity index (χ1n) is 13.6. The average Bonchev–Trinajstić information content (AvgIpc) is 3.40. The van der Waals surface area contributed by atoms with E-state index in [1.54, 1.807) is 0 Å². The quantitative estimate of drug-likeness (QED) is 0.218. The van der Waals surface area contributed by atoms with Crippen LogP contribution < -0.4 is 4.74 Å². The number of benzene rings is 7. The van der Waals surface area contributed by atoms with E-state index < -0.39 is 0 Å². The first-order chi connectivity index (χ1) is 19.8. The average molecular weight is 527 g/mol. The van der Waals surface area contributed by atoms with Crippen molar-refractivity contribution >= 4 is 53.1 Å². The van der Waals surface area contributed by atoms with E-state index in [4.69, 9.17) is 4.74 Å². The summed E-state index contributed by atoms with van der Waals surface area (Å²) in [5.74, 6) is 1.84. The minimum Gasteiger partial charge on any atom is -0.456 e. The van der Waals surface area contributed by atoms with Crippen LogP contribution in [0.15, 0.2) is 133 Å². The van der Waals surface area contributed by atoms with Crippen LogP contribution in [0.2, 0.25) is 0 Å². The van der Waals surface area contributed by atoms with Gasteiger partial charge >= 0.3 is 0 Å². The molecule has 1 aromatic heterocycles. The van der Waals surface area contributed by atoms with E-state index in [2.05, 4.69) is 127 Å². The molecule has 0 amide bonds. The van der Waals surface area contributed by atoms with Crippen LogP contribution in [0.5, 0.6) is 11.5 Å². The minimum atomic E-state index is 0.917. The van der Waals surface area contributed by atoms with Gasteiger partial charge in [-0.15, -0.1) is 11.3 Å². The van der Waals surface area contributed by atoms with E-state index >= 15 is 0 Å². The lowest BCUT2D eigenvalue weighted by Gasteiger charge is -2.23. The molecule has 0 fully saturated rings. The Kier molecular flexibility index (Phi) is 4.55. The molecule has 9 rings (SSSR count). The second-order valence-corrected chi connectivity index (χ2v) is 11.5. The highest BCUT2D eigenvalue weighted by Crippen LogP contribution is 2.50. The lowest BCUT2D eigenvalue weighted by atomic mass is 9.87. The highest BCUT2D eigenvalue weighted by atomic mass is 32.1. The highest BCUT2D eigenvalue weighted by molar-refractivity contribution is 7.25. The number of fused-ring (bicyclic) bond motifs is 6. The molecular formula is C38H22OS. The van der Waals surface area contributed by atoms with Gasteiger partial charge < -0.3 is 4.74 Å². The molecule has 186 valence electrons. The molecule has 0 saturated carbocycles. The maximum atomic E-state index is 6.37. The van der Waals surface area contributed by atoms with Gasteiger partial charge in [-0.3, -0.25) is 0 Å². The zero-order chi connectivity index (χ0) is 26.2.